The Labute approximate surface area is 252 Å². The number of nitrogens with one attached hydrogen (secondary N) is 4. The number of aromatic nitrogens is 2. The summed E-state index contributed by atoms with van der Waals surface area (Å²) in [5.74, 6) is -2.68. The average molecular weight is 613 g/mol. The molecule has 230 valence electrons. The third-order valence-electron chi connectivity index (χ3n) is 6.57. The second kappa shape index (κ2) is 16.2. The fourth-order valence-corrected chi connectivity index (χ4v) is 4.67. The Kier molecular flexibility index (Phi) is 12.4. The number of carbonyl (C=O) groups is 4. The summed E-state index contributed by atoms with van der Waals surface area (Å²) in [6.07, 6.45) is 5.20. The second-order valence-corrected chi connectivity index (χ2v) is 10.9. The lowest BCUT2D eigenvalue weighted by molar-refractivity contribution is -0.142. The molecule has 0 fully saturated rings. The van der Waals surface area contributed by atoms with E-state index < -0.39 is 47.9 Å². The molecule has 0 radical (unpaired) electrons. The third-order valence-corrected chi connectivity index (χ3v) is 7.22. The number of nitrogens with two attached hydrogens (primary N) is 1. The van der Waals surface area contributed by atoms with E-state index in [1.807, 2.05) is 6.26 Å². The Morgan fingerprint density at radius 1 is 0.814 bits per heavy atom. The van der Waals surface area contributed by atoms with Crippen LogP contribution in [0.2, 0.25) is 0 Å². The maximum Gasteiger partial charge on any atom is 0.326 e. The molecular weight excluding hydrogens is 576 g/mol. The number of imidazole rings is 1. The van der Waals surface area contributed by atoms with Crippen LogP contribution >= 0.6 is 11.8 Å². The zero-order chi connectivity index (χ0) is 31.4. The number of phenolic OH excluding ortho intramolecular Hbond substituents is 2. The summed E-state index contributed by atoms with van der Waals surface area (Å²) in [6.45, 7) is 0. The molecule has 0 saturated heterocycles. The lowest BCUT2D eigenvalue weighted by Crippen LogP contribution is -2.58. The van der Waals surface area contributed by atoms with Crippen LogP contribution in [0.4, 0.5) is 0 Å². The average Bonchev–Trinajstić information content (AvgIpc) is 3.49. The van der Waals surface area contributed by atoms with Gasteiger partial charge in [0.05, 0.1) is 12.4 Å². The molecule has 4 unspecified atom stereocenters. The topological polar surface area (TPSA) is 220 Å². The minimum absolute atomic E-state index is 0.0138. The Morgan fingerprint density at radius 3 is 1.84 bits per heavy atom. The molecule has 43 heavy (non-hydrogen) atoms. The van der Waals surface area contributed by atoms with Gasteiger partial charge in [0.2, 0.25) is 17.7 Å². The van der Waals surface area contributed by atoms with Crippen LogP contribution < -0.4 is 21.7 Å². The molecule has 0 aliphatic rings. The molecule has 4 atom stereocenters. The predicted molar refractivity (Wildman–Crippen MR) is 160 cm³/mol. The van der Waals surface area contributed by atoms with Crippen LogP contribution in [0.5, 0.6) is 11.5 Å². The molecule has 1 aromatic heterocycles. The van der Waals surface area contributed by atoms with E-state index in [9.17, 15) is 34.5 Å². The van der Waals surface area contributed by atoms with Gasteiger partial charge in [-0.25, -0.2) is 9.78 Å². The zero-order valence-corrected chi connectivity index (χ0v) is 24.3. The normalized spacial score (nSPS) is 13.7. The number of carboxylic acids is 1. The summed E-state index contributed by atoms with van der Waals surface area (Å²) in [7, 11) is 0. The van der Waals surface area contributed by atoms with Crippen LogP contribution in [-0.4, -0.2) is 85.2 Å². The van der Waals surface area contributed by atoms with Gasteiger partial charge in [0.1, 0.15) is 29.6 Å². The van der Waals surface area contributed by atoms with Crippen LogP contribution in [0.1, 0.15) is 23.2 Å². The van der Waals surface area contributed by atoms with Gasteiger partial charge in [-0.3, -0.25) is 14.4 Å². The van der Waals surface area contributed by atoms with Crippen molar-refractivity contribution in [2.45, 2.75) is 49.9 Å². The zero-order valence-electron chi connectivity index (χ0n) is 23.5. The Morgan fingerprint density at radius 2 is 1.33 bits per heavy atom. The van der Waals surface area contributed by atoms with Crippen molar-refractivity contribution < 1.29 is 34.5 Å². The van der Waals surface area contributed by atoms with Crippen molar-refractivity contribution in [3.63, 3.8) is 0 Å². The third kappa shape index (κ3) is 10.7. The van der Waals surface area contributed by atoms with Gasteiger partial charge < -0.3 is 42.0 Å². The van der Waals surface area contributed by atoms with Crippen LogP contribution in [-0.2, 0) is 38.4 Å². The molecule has 0 bridgehead atoms. The molecule has 3 amide bonds. The molecule has 0 saturated carbocycles. The molecule has 3 rings (SSSR count). The van der Waals surface area contributed by atoms with Crippen molar-refractivity contribution in [3.05, 3.63) is 77.9 Å². The maximum atomic E-state index is 13.5. The number of aromatic hydroxyl groups is 2. The molecule has 0 aliphatic carbocycles. The smallest absolute Gasteiger partial charge is 0.326 e. The van der Waals surface area contributed by atoms with E-state index in [-0.39, 0.29) is 37.2 Å². The highest BCUT2D eigenvalue weighted by Crippen LogP contribution is 2.14. The predicted octanol–water partition coefficient (Wildman–Crippen LogP) is 0.468. The Bertz CT molecular complexity index is 1350. The van der Waals surface area contributed by atoms with Crippen molar-refractivity contribution in [3.8, 4) is 11.5 Å². The van der Waals surface area contributed by atoms with Crippen molar-refractivity contribution in [1.82, 2.24) is 25.9 Å². The first kappa shape index (κ1) is 32.9. The summed E-state index contributed by atoms with van der Waals surface area (Å²) in [6, 6.07) is 7.40. The van der Waals surface area contributed by atoms with Gasteiger partial charge in [-0.15, -0.1) is 0 Å². The number of amides is 3. The van der Waals surface area contributed by atoms with Gasteiger partial charge in [0.25, 0.3) is 0 Å². The van der Waals surface area contributed by atoms with Gasteiger partial charge in [0, 0.05) is 31.2 Å². The number of rotatable bonds is 16. The second-order valence-electron chi connectivity index (χ2n) is 9.93. The van der Waals surface area contributed by atoms with Crippen molar-refractivity contribution in [1.29, 1.82) is 0 Å². The van der Waals surface area contributed by atoms with E-state index in [0.29, 0.717) is 22.6 Å². The number of thioether (sulfide) groups is 1. The highest BCUT2D eigenvalue weighted by molar-refractivity contribution is 7.98. The lowest BCUT2D eigenvalue weighted by Gasteiger charge is -2.25. The van der Waals surface area contributed by atoms with E-state index in [1.54, 1.807) is 30.5 Å². The number of benzene rings is 2. The van der Waals surface area contributed by atoms with E-state index >= 15 is 0 Å². The molecule has 0 spiro atoms. The molecule has 14 heteroatoms. The highest BCUT2D eigenvalue weighted by atomic mass is 32.2. The Balaban J connectivity index is 1.77. The van der Waals surface area contributed by atoms with Crippen LogP contribution in [0.3, 0.4) is 0 Å². The van der Waals surface area contributed by atoms with E-state index in [0.717, 1.165) is 0 Å². The Hall–Kier alpha value is -4.56. The quantitative estimate of drug-likeness (QED) is 0.112. The van der Waals surface area contributed by atoms with Crippen LogP contribution in [0.25, 0.3) is 0 Å². The van der Waals surface area contributed by atoms with Crippen molar-refractivity contribution in [2.24, 2.45) is 5.73 Å². The van der Waals surface area contributed by atoms with Gasteiger partial charge in [-0.1, -0.05) is 24.3 Å². The molecule has 9 N–H and O–H groups in total. The summed E-state index contributed by atoms with van der Waals surface area (Å²) in [4.78, 5) is 58.6. The largest absolute Gasteiger partial charge is 0.508 e. The van der Waals surface area contributed by atoms with Crippen LogP contribution in [0.15, 0.2) is 61.1 Å². The summed E-state index contributed by atoms with van der Waals surface area (Å²) >= 11 is 1.47. The number of H-pyrrole nitrogens is 1. The number of carbonyl (C=O) groups excluding carboxylic acids is 3. The molecular formula is C29H36N6O7S. The van der Waals surface area contributed by atoms with Gasteiger partial charge in [0.15, 0.2) is 0 Å². The number of hydrogen-bond acceptors (Lipinski definition) is 9. The molecule has 0 aliphatic heterocycles. The SMILES string of the molecule is CSCCC(NC(=O)C(N)Cc1cnc[nH]1)C(=O)NC(Cc1ccc(O)cc1)C(=O)NC(Cc1ccc(O)cc1)C(=O)O. The summed E-state index contributed by atoms with van der Waals surface area (Å²) in [5, 5.41) is 36.8. The molecule has 13 nitrogen and oxygen atoms in total. The number of carboxylic acid groups (broad SMARTS) is 1. The highest BCUT2D eigenvalue weighted by Gasteiger charge is 2.30. The summed E-state index contributed by atoms with van der Waals surface area (Å²) in [5.41, 5.74) is 7.86. The number of aliphatic carboxylic acids is 1. The number of nitrogens with zero attached hydrogens (tertiary/aromatic N) is 1. The maximum absolute atomic E-state index is 13.5. The fraction of sp³-hybridized carbons (Fsp3) is 0.345. The first-order chi connectivity index (χ1) is 20.5. The standard InChI is InChI=1S/C29H36N6O7S/c1-43-11-10-23(33-26(38)22(30)14-19-15-31-16-32-19)27(39)34-24(12-17-2-6-20(36)7-3-17)28(40)35-25(29(41)42)13-18-4-8-21(37)9-5-18/h2-9,15-16,22-25,36-37H,10-14,30H2,1H3,(H,31,32)(H,33,38)(H,34,39)(H,35,40)(H,41,42). The molecule has 2 aromatic carbocycles. The van der Waals surface area contributed by atoms with Gasteiger partial charge in [-0.2, -0.15) is 11.8 Å². The van der Waals surface area contributed by atoms with E-state index in [2.05, 4.69) is 25.9 Å². The van der Waals surface area contributed by atoms with Crippen LogP contribution in [0, 0.1) is 0 Å². The number of hydrogen-bond donors (Lipinski definition) is 8. The monoisotopic (exact) mass is 612 g/mol. The lowest BCUT2D eigenvalue weighted by atomic mass is 10.0. The van der Waals surface area contributed by atoms with Crippen molar-refractivity contribution >= 4 is 35.5 Å². The van der Waals surface area contributed by atoms with Gasteiger partial charge in [-0.05, 0) is 53.8 Å². The number of aromatic amines is 1. The fourth-order valence-electron chi connectivity index (χ4n) is 4.20. The minimum Gasteiger partial charge on any atom is -0.508 e. The molecule has 3 aromatic rings. The summed E-state index contributed by atoms with van der Waals surface area (Å²) < 4.78 is 0. The van der Waals surface area contributed by atoms with E-state index in [4.69, 9.17) is 5.73 Å². The molecule has 1 heterocycles. The first-order valence-corrected chi connectivity index (χ1v) is 14.9. The van der Waals surface area contributed by atoms with E-state index in [1.165, 1.54) is 42.4 Å². The first-order valence-electron chi connectivity index (χ1n) is 13.5. The van der Waals surface area contributed by atoms with Gasteiger partial charge >= 0.3 is 5.97 Å². The minimum atomic E-state index is -1.33. The number of phenols is 2. The van der Waals surface area contributed by atoms with Crippen molar-refractivity contribution in [2.75, 3.05) is 12.0 Å².